The summed E-state index contributed by atoms with van der Waals surface area (Å²) < 4.78 is 0. The lowest BCUT2D eigenvalue weighted by atomic mass is 9.95. The van der Waals surface area contributed by atoms with Crippen molar-refractivity contribution >= 4 is 23.2 Å². The molecule has 0 saturated carbocycles. The molecule has 0 bridgehead atoms. The summed E-state index contributed by atoms with van der Waals surface area (Å²) in [7, 11) is 0. The minimum Gasteiger partial charge on any atom is -0.381 e. The predicted molar refractivity (Wildman–Crippen MR) is 87.5 cm³/mol. The number of rotatable bonds is 2. The third-order valence-electron chi connectivity index (χ3n) is 4.36. The van der Waals surface area contributed by atoms with Crippen molar-refractivity contribution in [3.8, 4) is 0 Å². The van der Waals surface area contributed by atoms with E-state index in [4.69, 9.17) is 4.84 Å². The lowest BCUT2D eigenvalue weighted by molar-refractivity contribution is -0.126. The number of aromatic nitrogens is 1. The molecule has 0 N–H and O–H groups in total. The first-order valence-electron chi connectivity index (χ1n) is 7.67. The van der Waals surface area contributed by atoms with Gasteiger partial charge in [0.1, 0.15) is 11.6 Å². The lowest BCUT2D eigenvalue weighted by Crippen LogP contribution is -2.33. The second-order valence-corrected chi connectivity index (χ2v) is 6.02. The Balaban J connectivity index is 1.74. The SMILES string of the molecule is Cc1ccc(N2C(=O)[C@H]3C(c4cccnc4)=NO[C@H]3C2=O)c(C)c1. The molecule has 6 heteroatoms. The van der Waals surface area contributed by atoms with Crippen LogP contribution in [0.5, 0.6) is 0 Å². The maximum Gasteiger partial charge on any atom is 0.278 e. The van der Waals surface area contributed by atoms with Crippen LogP contribution in [-0.4, -0.2) is 28.6 Å². The van der Waals surface area contributed by atoms with Gasteiger partial charge in [0.05, 0.1) is 5.69 Å². The van der Waals surface area contributed by atoms with Crippen molar-refractivity contribution in [2.45, 2.75) is 20.0 Å². The molecule has 3 heterocycles. The van der Waals surface area contributed by atoms with E-state index in [0.717, 1.165) is 11.1 Å². The predicted octanol–water partition coefficient (Wildman–Crippen LogP) is 1.99. The molecule has 0 radical (unpaired) electrons. The molecule has 0 unspecified atom stereocenters. The van der Waals surface area contributed by atoms with E-state index in [1.165, 1.54) is 4.90 Å². The normalized spacial score (nSPS) is 22.4. The van der Waals surface area contributed by atoms with Crippen LogP contribution in [0.3, 0.4) is 0 Å². The van der Waals surface area contributed by atoms with Crippen LogP contribution in [-0.2, 0) is 14.4 Å². The van der Waals surface area contributed by atoms with Crippen LogP contribution in [0, 0.1) is 19.8 Å². The highest BCUT2D eigenvalue weighted by Crippen LogP contribution is 2.36. The molecule has 2 aromatic rings. The number of imide groups is 1. The molecule has 1 aromatic carbocycles. The fourth-order valence-corrected chi connectivity index (χ4v) is 3.22. The first-order valence-corrected chi connectivity index (χ1v) is 7.67. The summed E-state index contributed by atoms with van der Waals surface area (Å²) in [5.41, 5.74) is 3.69. The number of oxime groups is 1. The standard InChI is InChI=1S/C18H15N3O3/c1-10-5-6-13(11(2)8-10)21-17(22)14-15(12-4-3-7-19-9-12)20-24-16(14)18(21)23/h3-9,14,16H,1-2H3/t14-,16+/m0/s1. The van der Waals surface area contributed by atoms with Gasteiger partial charge in [0.2, 0.25) is 12.0 Å². The fourth-order valence-electron chi connectivity index (χ4n) is 3.22. The minimum atomic E-state index is -0.895. The Morgan fingerprint density at radius 3 is 2.67 bits per heavy atom. The molecule has 24 heavy (non-hydrogen) atoms. The average Bonchev–Trinajstić information content (AvgIpc) is 3.11. The fraction of sp³-hybridized carbons (Fsp3) is 0.222. The van der Waals surface area contributed by atoms with Gasteiger partial charge in [-0.3, -0.25) is 14.6 Å². The smallest absolute Gasteiger partial charge is 0.278 e. The van der Waals surface area contributed by atoms with Gasteiger partial charge in [0, 0.05) is 18.0 Å². The van der Waals surface area contributed by atoms with Crippen LogP contribution in [0.15, 0.2) is 47.9 Å². The monoisotopic (exact) mass is 321 g/mol. The van der Waals surface area contributed by atoms with E-state index in [9.17, 15) is 9.59 Å². The third-order valence-corrected chi connectivity index (χ3v) is 4.36. The van der Waals surface area contributed by atoms with Gasteiger partial charge in [-0.1, -0.05) is 22.9 Å². The van der Waals surface area contributed by atoms with Gasteiger partial charge in [-0.25, -0.2) is 4.90 Å². The van der Waals surface area contributed by atoms with E-state index < -0.39 is 12.0 Å². The summed E-state index contributed by atoms with van der Waals surface area (Å²) in [6.07, 6.45) is 2.36. The number of anilines is 1. The molecule has 0 aliphatic carbocycles. The van der Waals surface area contributed by atoms with E-state index in [0.29, 0.717) is 17.0 Å². The van der Waals surface area contributed by atoms with E-state index in [2.05, 4.69) is 10.1 Å². The van der Waals surface area contributed by atoms with Gasteiger partial charge in [-0.05, 0) is 37.6 Å². The molecule has 0 spiro atoms. The highest BCUT2D eigenvalue weighted by atomic mass is 16.6. The summed E-state index contributed by atoms with van der Waals surface area (Å²) in [6, 6.07) is 9.18. The average molecular weight is 321 g/mol. The van der Waals surface area contributed by atoms with Crippen LogP contribution in [0.2, 0.25) is 0 Å². The number of pyridine rings is 1. The Labute approximate surface area is 138 Å². The number of carbonyl (C=O) groups excluding carboxylic acids is 2. The van der Waals surface area contributed by atoms with Crippen LogP contribution < -0.4 is 4.90 Å². The Bertz CT molecular complexity index is 876. The highest BCUT2D eigenvalue weighted by Gasteiger charge is 2.56. The van der Waals surface area contributed by atoms with Crippen molar-refractivity contribution in [1.29, 1.82) is 0 Å². The zero-order valence-electron chi connectivity index (χ0n) is 13.3. The Hall–Kier alpha value is -3.02. The Morgan fingerprint density at radius 1 is 1.12 bits per heavy atom. The van der Waals surface area contributed by atoms with Crippen LogP contribution in [0.4, 0.5) is 5.69 Å². The number of hydrogen-bond donors (Lipinski definition) is 0. The van der Waals surface area contributed by atoms with E-state index in [-0.39, 0.29) is 11.8 Å². The second kappa shape index (κ2) is 5.26. The maximum absolute atomic E-state index is 12.9. The molecule has 4 rings (SSSR count). The summed E-state index contributed by atoms with van der Waals surface area (Å²) in [4.78, 5) is 36.2. The first-order chi connectivity index (χ1) is 11.6. The number of hydrogen-bond acceptors (Lipinski definition) is 5. The largest absolute Gasteiger partial charge is 0.381 e. The van der Waals surface area contributed by atoms with Gasteiger partial charge in [-0.2, -0.15) is 0 Å². The maximum atomic E-state index is 12.9. The summed E-state index contributed by atoms with van der Waals surface area (Å²) in [5, 5.41) is 3.96. The molecule has 120 valence electrons. The molecular weight excluding hydrogens is 306 g/mol. The molecule has 1 saturated heterocycles. The van der Waals surface area contributed by atoms with Crippen LogP contribution in [0.25, 0.3) is 0 Å². The van der Waals surface area contributed by atoms with Crippen molar-refractivity contribution in [3.63, 3.8) is 0 Å². The molecule has 6 nitrogen and oxygen atoms in total. The van der Waals surface area contributed by atoms with Gasteiger partial charge in [-0.15, -0.1) is 0 Å². The summed E-state index contributed by atoms with van der Waals surface area (Å²) in [5.74, 6) is -1.40. The number of nitrogens with zero attached hydrogens (tertiary/aromatic N) is 3. The van der Waals surface area contributed by atoms with E-state index in [1.54, 1.807) is 30.6 Å². The molecule has 2 amide bonds. The lowest BCUT2D eigenvalue weighted by Gasteiger charge is -2.18. The zero-order valence-corrected chi connectivity index (χ0v) is 13.3. The van der Waals surface area contributed by atoms with Gasteiger partial charge in [0.25, 0.3) is 5.91 Å². The third kappa shape index (κ3) is 2.03. The number of carbonyl (C=O) groups is 2. The second-order valence-electron chi connectivity index (χ2n) is 6.02. The minimum absolute atomic E-state index is 0.308. The quantitative estimate of drug-likeness (QED) is 0.793. The van der Waals surface area contributed by atoms with Crippen LogP contribution >= 0.6 is 0 Å². The summed E-state index contributed by atoms with van der Waals surface area (Å²) >= 11 is 0. The highest BCUT2D eigenvalue weighted by molar-refractivity contribution is 6.32. The Morgan fingerprint density at radius 2 is 1.96 bits per heavy atom. The van der Waals surface area contributed by atoms with Crippen molar-refractivity contribution in [2.24, 2.45) is 11.1 Å². The molecule has 2 aliphatic heterocycles. The number of aryl methyl sites for hydroxylation is 2. The van der Waals surface area contributed by atoms with E-state index >= 15 is 0 Å². The molecule has 2 aliphatic rings. The Kier molecular flexibility index (Phi) is 3.19. The first kappa shape index (κ1) is 14.6. The molecule has 1 aromatic heterocycles. The van der Waals surface area contributed by atoms with Crippen LogP contribution in [0.1, 0.15) is 16.7 Å². The molecule has 1 fully saturated rings. The number of amides is 2. The van der Waals surface area contributed by atoms with Crippen molar-refractivity contribution in [1.82, 2.24) is 4.98 Å². The van der Waals surface area contributed by atoms with E-state index in [1.807, 2.05) is 26.0 Å². The van der Waals surface area contributed by atoms with Gasteiger partial charge >= 0.3 is 0 Å². The number of fused-ring (bicyclic) bond motifs is 1. The van der Waals surface area contributed by atoms with Crippen molar-refractivity contribution in [2.75, 3.05) is 4.90 Å². The van der Waals surface area contributed by atoms with Crippen molar-refractivity contribution < 1.29 is 14.4 Å². The topological polar surface area (TPSA) is 71.9 Å². The summed E-state index contributed by atoms with van der Waals surface area (Å²) in [6.45, 7) is 3.85. The van der Waals surface area contributed by atoms with Gasteiger partial charge < -0.3 is 4.84 Å². The molecule has 2 atom stereocenters. The molecular formula is C18H15N3O3. The zero-order chi connectivity index (χ0) is 16.8. The number of benzene rings is 1. The van der Waals surface area contributed by atoms with Crippen molar-refractivity contribution in [3.05, 3.63) is 59.4 Å². The van der Waals surface area contributed by atoms with Gasteiger partial charge in [0.15, 0.2) is 0 Å².